The maximum Gasteiger partial charge on any atom is 0.290 e. The number of hydrogen-bond acceptors (Lipinski definition) is 5. The fourth-order valence-electron chi connectivity index (χ4n) is 3.37. The highest BCUT2D eigenvalue weighted by atomic mass is 16.3. The number of rotatable bonds is 6. The smallest absolute Gasteiger partial charge is 0.290 e. The van der Waals surface area contributed by atoms with Crippen LogP contribution in [0.5, 0.6) is 0 Å². The number of furan rings is 1. The van der Waals surface area contributed by atoms with E-state index in [2.05, 4.69) is 5.32 Å². The second kappa shape index (κ2) is 8.30. The van der Waals surface area contributed by atoms with E-state index in [1.54, 1.807) is 30.3 Å². The molecule has 8 heteroatoms. The number of nitrogens with zero attached hydrogens (tertiary/aromatic N) is 2. The van der Waals surface area contributed by atoms with Gasteiger partial charge >= 0.3 is 0 Å². The van der Waals surface area contributed by atoms with E-state index in [-0.39, 0.29) is 30.0 Å². The van der Waals surface area contributed by atoms with Gasteiger partial charge in [-0.2, -0.15) is 0 Å². The van der Waals surface area contributed by atoms with Gasteiger partial charge < -0.3 is 14.6 Å². The normalized spacial score (nSPS) is 17.3. The number of amides is 4. The Hall–Kier alpha value is -3.42. The van der Waals surface area contributed by atoms with Crippen molar-refractivity contribution in [1.82, 2.24) is 4.90 Å². The fourth-order valence-corrected chi connectivity index (χ4v) is 3.37. The van der Waals surface area contributed by atoms with Crippen LogP contribution in [0.1, 0.15) is 44.2 Å². The molecular weight excluding hydrogens is 374 g/mol. The molecule has 8 nitrogen and oxygen atoms in total. The lowest BCUT2D eigenvalue weighted by Gasteiger charge is -2.32. The third-order valence-corrected chi connectivity index (χ3v) is 4.94. The molecule has 1 aliphatic rings. The minimum absolute atomic E-state index is 0.0942. The molecular formula is C21H23N3O5. The van der Waals surface area contributed by atoms with E-state index in [9.17, 15) is 19.2 Å². The van der Waals surface area contributed by atoms with Crippen molar-refractivity contribution in [2.75, 3.05) is 10.2 Å². The first-order chi connectivity index (χ1) is 13.8. The number of anilines is 2. The van der Waals surface area contributed by atoms with Crippen molar-refractivity contribution in [3.8, 4) is 0 Å². The molecule has 0 saturated carbocycles. The quantitative estimate of drug-likeness (QED) is 0.756. The summed E-state index contributed by atoms with van der Waals surface area (Å²) in [5.41, 5.74) is 0.956. The molecule has 0 aliphatic carbocycles. The molecule has 0 spiro atoms. The topological polar surface area (TPSA) is 99.9 Å². The Labute approximate surface area is 168 Å². The first kappa shape index (κ1) is 20.3. The van der Waals surface area contributed by atoms with Gasteiger partial charge in [-0.25, -0.2) is 4.90 Å². The summed E-state index contributed by atoms with van der Waals surface area (Å²) in [6.07, 6.45) is 1.92. The molecule has 2 heterocycles. The minimum Gasteiger partial charge on any atom is -0.459 e. The maximum absolute atomic E-state index is 13.1. The van der Waals surface area contributed by atoms with Crippen molar-refractivity contribution >= 4 is 35.0 Å². The van der Waals surface area contributed by atoms with E-state index in [4.69, 9.17) is 4.42 Å². The van der Waals surface area contributed by atoms with Crippen LogP contribution in [0.15, 0.2) is 47.1 Å². The molecule has 1 fully saturated rings. The largest absolute Gasteiger partial charge is 0.459 e. The van der Waals surface area contributed by atoms with Crippen LogP contribution < -0.4 is 10.2 Å². The standard InChI is InChI=1S/C21H23N3O5/c1-4-13(2)23(21(28)18-6-5-11-29-18)17-12-19(26)24(20(17)27)16-9-7-15(8-10-16)22-14(3)25/h5-11,13,17H,4,12H2,1-3H3,(H,22,25). The molecule has 0 radical (unpaired) electrons. The number of hydrogen-bond donors (Lipinski definition) is 1. The Morgan fingerprint density at radius 2 is 1.93 bits per heavy atom. The molecule has 0 bridgehead atoms. The van der Waals surface area contributed by atoms with Gasteiger partial charge in [0.1, 0.15) is 6.04 Å². The zero-order valence-corrected chi connectivity index (χ0v) is 16.5. The van der Waals surface area contributed by atoms with Gasteiger partial charge in [0.25, 0.3) is 11.8 Å². The molecule has 4 amide bonds. The second-order valence-electron chi connectivity index (χ2n) is 6.96. The molecule has 1 aliphatic heterocycles. The van der Waals surface area contributed by atoms with Crippen molar-refractivity contribution in [3.05, 3.63) is 48.4 Å². The highest BCUT2D eigenvalue weighted by Gasteiger charge is 2.46. The number of nitrogens with one attached hydrogen (secondary N) is 1. The summed E-state index contributed by atoms with van der Waals surface area (Å²) >= 11 is 0. The summed E-state index contributed by atoms with van der Waals surface area (Å²) in [5, 5.41) is 2.63. The van der Waals surface area contributed by atoms with Crippen LogP contribution in [0.25, 0.3) is 0 Å². The third-order valence-electron chi connectivity index (χ3n) is 4.94. The van der Waals surface area contributed by atoms with Crippen molar-refractivity contribution in [1.29, 1.82) is 0 Å². The Morgan fingerprint density at radius 3 is 2.48 bits per heavy atom. The maximum atomic E-state index is 13.1. The van der Waals surface area contributed by atoms with Gasteiger partial charge in [0.05, 0.1) is 18.4 Å². The van der Waals surface area contributed by atoms with Gasteiger partial charge in [0.2, 0.25) is 11.8 Å². The summed E-state index contributed by atoms with van der Waals surface area (Å²) in [5.74, 6) is -1.34. The first-order valence-electron chi connectivity index (χ1n) is 9.44. The van der Waals surface area contributed by atoms with Crippen LogP contribution in [0, 0.1) is 0 Å². The molecule has 2 atom stereocenters. The SMILES string of the molecule is CCC(C)N(C(=O)c1ccco1)C1CC(=O)N(c2ccc(NC(C)=O)cc2)C1=O. The summed E-state index contributed by atoms with van der Waals surface area (Å²) in [6.45, 7) is 5.14. The predicted octanol–water partition coefficient (Wildman–Crippen LogP) is 2.81. The van der Waals surface area contributed by atoms with E-state index in [0.29, 0.717) is 17.8 Å². The molecule has 152 valence electrons. The third kappa shape index (κ3) is 4.06. The zero-order chi connectivity index (χ0) is 21.1. The van der Waals surface area contributed by atoms with Crippen molar-refractivity contribution < 1.29 is 23.6 Å². The molecule has 1 saturated heterocycles. The van der Waals surface area contributed by atoms with Crippen LogP contribution in [-0.4, -0.2) is 40.6 Å². The van der Waals surface area contributed by atoms with Crippen molar-refractivity contribution in [3.63, 3.8) is 0 Å². The van der Waals surface area contributed by atoms with Gasteiger partial charge in [-0.1, -0.05) is 6.92 Å². The lowest BCUT2D eigenvalue weighted by molar-refractivity contribution is -0.123. The van der Waals surface area contributed by atoms with E-state index in [1.807, 2.05) is 13.8 Å². The van der Waals surface area contributed by atoms with Crippen LogP contribution >= 0.6 is 0 Å². The molecule has 3 rings (SSSR count). The monoisotopic (exact) mass is 397 g/mol. The van der Waals surface area contributed by atoms with E-state index in [1.165, 1.54) is 24.2 Å². The Kier molecular flexibility index (Phi) is 5.81. The molecule has 29 heavy (non-hydrogen) atoms. The van der Waals surface area contributed by atoms with Crippen LogP contribution in [0.3, 0.4) is 0 Å². The van der Waals surface area contributed by atoms with Gasteiger partial charge in [-0.05, 0) is 49.7 Å². The minimum atomic E-state index is -0.898. The van der Waals surface area contributed by atoms with Gasteiger partial charge in [0.15, 0.2) is 5.76 Å². The second-order valence-corrected chi connectivity index (χ2v) is 6.96. The lowest BCUT2D eigenvalue weighted by atomic mass is 10.1. The average molecular weight is 397 g/mol. The van der Waals surface area contributed by atoms with Crippen molar-refractivity contribution in [2.24, 2.45) is 0 Å². The van der Waals surface area contributed by atoms with Gasteiger partial charge in [-0.3, -0.25) is 19.2 Å². The molecule has 1 aromatic heterocycles. The predicted molar refractivity (Wildman–Crippen MR) is 106 cm³/mol. The molecule has 2 aromatic rings. The Morgan fingerprint density at radius 1 is 1.24 bits per heavy atom. The molecule has 1 aromatic carbocycles. The number of carbonyl (C=O) groups is 4. The van der Waals surface area contributed by atoms with Gasteiger partial charge in [0, 0.05) is 18.7 Å². The molecule has 1 N–H and O–H groups in total. The Balaban J connectivity index is 1.87. The number of imide groups is 1. The summed E-state index contributed by atoms with van der Waals surface area (Å²) in [6, 6.07) is 8.40. The van der Waals surface area contributed by atoms with Crippen molar-refractivity contribution in [2.45, 2.75) is 45.7 Å². The Bertz CT molecular complexity index is 920. The van der Waals surface area contributed by atoms with E-state index in [0.717, 1.165) is 4.90 Å². The summed E-state index contributed by atoms with van der Waals surface area (Å²) in [7, 11) is 0. The molecule has 2 unspecified atom stereocenters. The van der Waals surface area contributed by atoms with E-state index < -0.39 is 17.9 Å². The number of benzene rings is 1. The van der Waals surface area contributed by atoms with Crippen LogP contribution in [-0.2, 0) is 14.4 Å². The van der Waals surface area contributed by atoms with Gasteiger partial charge in [-0.15, -0.1) is 0 Å². The average Bonchev–Trinajstić information content (AvgIpc) is 3.31. The highest BCUT2D eigenvalue weighted by molar-refractivity contribution is 6.23. The van der Waals surface area contributed by atoms with Crippen LogP contribution in [0.4, 0.5) is 11.4 Å². The lowest BCUT2D eigenvalue weighted by Crippen LogP contribution is -2.49. The van der Waals surface area contributed by atoms with Crippen LogP contribution in [0.2, 0.25) is 0 Å². The summed E-state index contributed by atoms with van der Waals surface area (Å²) in [4.78, 5) is 52.4. The number of carbonyl (C=O) groups excluding carboxylic acids is 4. The summed E-state index contributed by atoms with van der Waals surface area (Å²) < 4.78 is 5.21. The fraction of sp³-hybridized carbons (Fsp3) is 0.333. The highest BCUT2D eigenvalue weighted by Crippen LogP contribution is 2.29. The van der Waals surface area contributed by atoms with E-state index >= 15 is 0 Å². The zero-order valence-electron chi connectivity index (χ0n) is 16.5. The first-order valence-corrected chi connectivity index (χ1v) is 9.44.